The van der Waals surface area contributed by atoms with Crippen molar-refractivity contribution in [2.45, 2.75) is 118 Å². The van der Waals surface area contributed by atoms with Gasteiger partial charge in [0, 0.05) is 54.2 Å². The summed E-state index contributed by atoms with van der Waals surface area (Å²) in [6, 6.07) is -0.343. The molecule has 2 atom stereocenters. The number of thiazole rings is 2. The Morgan fingerprint density at radius 2 is 1.16 bits per heavy atom. The molecular weight excluding hydrogens is 615 g/mol. The van der Waals surface area contributed by atoms with E-state index < -0.39 is 16.8 Å². The second-order valence-electron chi connectivity index (χ2n) is 14.5. The third-order valence-electron chi connectivity index (χ3n) is 6.65. The molecule has 252 valence electrons. The summed E-state index contributed by atoms with van der Waals surface area (Å²) in [5.41, 5.74) is -1.57. The highest BCUT2D eigenvalue weighted by atomic mass is 32.1. The third-order valence-corrected chi connectivity index (χ3v) is 8.74. The average molecular weight is 666 g/mol. The van der Waals surface area contributed by atoms with E-state index in [2.05, 4.69) is 16.9 Å². The summed E-state index contributed by atoms with van der Waals surface area (Å²) in [7, 11) is 0. The van der Waals surface area contributed by atoms with E-state index in [1.807, 2.05) is 80.3 Å². The topological polar surface area (TPSA) is 114 Å². The lowest BCUT2D eigenvalue weighted by molar-refractivity contribution is -0.0152. The van der Waals surface area contributed by atoms with Gasteiger partial charge in [-0.25, -0.2) is 24.4 Å². The van der Waals surface area contributed by atoms with Crippen molar-refractivity contribution in [1.82, 2.24) is 24.7 Å². The summed E-state index contributed by atoms with van der Waals surface area (Å²) in [5.74, 6) is 0.361. The second-order valence-corrected chi connectivity index (χ2v) is 17.0. The molecule has 2 unspecified atom stereocenters. The summed E-state index contributed by atoms with van der Waals surface area (Å²) in [6.45, 7) is 23.4. The van der Waals surface area contributed by atoms with Crippen molar-refractivity contribution < 1.29 is 28.6 Å². The van der Waals surface area contributed by atoms with Crippen LogP contribution in [0.25, 0.3) is 0 Å². The zero-order chi connectivity index (χ0) is 33.7. The minimum atomic E-state index is -0.581. The molecule has 2 aliphatic rings. The second kappa shape index (κ2) is 14.7. The number of piperazine rings is 1. The first-order valence-electron chi connectivity index (χ1n) is 15.5. The highest BCUT2D eigenvalue weighted by Crippen LogP contribution is 2.32. The van der Waals surface area contributed by atoms with Crippen molar-refractivity contribution in [3.8, 4) is 0 Å². The molecule has 0 spiro atoms. The van der Waals surface area contributed by atoms with Crippen molar-refractivity contribution in [2.75, 3.05) is 32.7 Å². The van der Waals surface area contributed by atoms with Crippen LogP contribution in [0.4, 0.5) is 14.4 Å². The van der Waals surface area contributed by atoms with Gasteiger partial charge in [-0.15, -0.1) is 22.7 Å². The number of amides is 3. The number of hydrogen-bond acceptors (Lipinski definition) is 10. The zero-order valence-electron chi connectivity index (χ0n) is 28.8. The van der Waals surface area contributed by atoms with E-state index in [0.29, 0.717) is 25.6 Å². The molecule has 13 heteroatoms. The Balaban J connectivity index is 0.000000257. The van der Waals surface area contributed by atoms with Crippen LogP contribution in [0.1, 0.15) is 107 Å². The van der Waals surface area contributed by atoms with Gasteiger partial charge in [-0.3, -0.25) is 4.90 Å². The highest BCUT2D eigenvalue weighted by Gasteiger charge is 2.38. The number of carbonyl (C=O) groups is 3. The number of nitrogens with zero attached hydrogens (tertiary/aromatic N) is 5. The van der Waals surface area contributed by atoms with E-state index >= 15 is 0 Å². The first kappa shape index (κ1) is 36.5. The fourth-order valence-corrected chi connectivity index (χ4v) is 6.56. The molecule has 2 saturated heterocycles. The largest absolute Gasteiger partial charge is 0.444 e. The number of aromatic nitrogens is 2. The van der Waals surface area contributed by atoms with Crippen molar-refractivity contribution in [2.24, 2.45) is 0 Å². The van der Waals surface area contributed by atoms with Crippen molar-refractivity contribution >= 4 is 41.0 Å². The maximum atomic E-state index is 12.7. The van der Waals surface area contributed by atoms with E-state index in [9.17, 15) is 14.4 Å². The predicted octanol–water partition coefficient (Wildman–Crippen LogP) is 7.55. The van der Waals surface area contributed by atoms with Crippen molar-refractivity contribution in [3.05, 3.63) is 32.2 Å². The number of likely N-dealkylation sites (tertiary alicyclic amines) is 1. The molecule has 2 fully saturated rings. The smallest absolute Gasteiger partial charge is 0.411 e. The molecule has 4 rings (SSSR count). The number of aryl methyl sites for hydroxylation is 2. The van der Waals surface area contributed by atoms with Gasteiger partial charge < -0.3 is 24.0 Å². The van der Waals surface area contributed by atoms with E-state index in [1.165, 1.54) is 16.2 Å². The Hall–Kier alpha value is -2.93. The van der Waals surface area contributed by atoms with E-state index in [-0.39, 0.29) is 24.3 Å². The van der Waals surface area contributed by atoms with Crippen LogP contribution < -0.4 is 0 Å². The Labute approximate surface area is 276 Å². The molecular formula is C32H51N5O6S2. The summed E-state index contributed by atoms with van der Waals surface area (Å²) in [4.78, 5) is 53.5. The maximum Gasteiger partial charge on any atom is 0.411 e. The first-order valence-corrected chi connectivity index (χ1v) is 17.1. The molecule has 0 aromatic carbocycles. The molecule has 0 radical (unpaired) electrons. The normalized spacial score (nSPS) is 19.4. The monoisotopic (exact) mass is 665 g/mol. The van der Waals surface area contributed by atoms with E-state index in [4.69, 9.17) is 14.2 Å². The molecule has 3 amide bonds. The van der Waals surface area contributed by atoms with Gasteiger partial charge in [-0.05, 0) is 89.0 Å². The molecule has 0 N–H and O–H groups in total. The first-order chi connectivity index (χ1) is 20.7. The van der Waals surface area contributed by atoms with Crippen LogP contribution in [0, 0.1) is 13.8 Å². The van der Waals surface area contributed by atoms with Gasteiger partial charge in [-0.1, -0.05) is 0 Å². The van der Waals surface area contributed by atoms with Crippen LogP contribution in [-0.2, 0) is 14.2 Å². The van der Waals surface area contributed by atoms with Crippen LogP contribution in [0.15, 0.2) is 12.4 Å². The van der Waals surface area contributed by atoms with Crippen LogP contribution in [0.5, 0.6) is 0 Å². The number of piperidine rings is 1. The molecule has 2 aliphatic heterocycles. The molecule has 0 bridgehead atoms. The average Bonchev–Trinajstić information content (AvgIpc) is 3.54. The Morgan fingerprint density at radius 1 is 0.689 bits per heavy atom. The lowest BCUT2D eigenvalue weighted by Gasteiger charge is -2.41. The van der Waals surface area contributed by atoms with Crippen LogP contribution in [0.2, 0.25) is 0 Å². The molecule has 0 saturated carbocycles. The minimum absolute atomic E-state index is 0.203. The molecule has 2 aromatic heterocycles. The quantitative estimate of drug-likeness (QED) is 0.302. The summed E-state index contributed by atoms with van der Waals surface area (Å²) in [6.07, 6.45) is 4.84. The van der Waals surface area contributed by atoms with Crippen LogP contribution >= 0.6 is 22.7 Å². The van der Waals surface area contributed by atoms with Gasteiger partial charge in [-0.2, -0.15) is 0 Å². The van der Waals surface area contributed by atoms with E-state index in [1.54, 1.807) is 27.3 Å². The number of carbonyl (C=O) groups excluding carboxylic acids is 3. The predicted molar refractivity (Wildman–Crippen MR) is 177 cm³/mol. The van der Waals surface area contributed by atoms with E-state index in [0.717, 1.165) is 40.8 Å². The van der Waals surface area contributed by atoms with Crippen molar-refractivity contribution in [1.29, 1.82) is 0 Å². The molecule has 4 heterocycles. The Bertz CT molecular complexity index is 1310. The maximum absolute atomic E-state index is 12.7. The van der Waals surface area contributed by atoms with Crippen LogP contribution in [0.3, 0.4) is 0 Å². The lowest BCUT2D eigenvalue weighted by atomic mass is 9.99. The molecule has 45 heavy (non-hydrogen) atoms. The minimum Gasteiger partial charge on any atom is -0.444 e. The number of hydrogen-bond donors (Lipinski definition) is 0. The van der Waals surface area contributed by atoms with Gasteiger partial charge in [0.15, 0.2) is 0 Å². The number of ether oxygens (including phenoxy) is 3. The summed E-state index contributed by atoms with van der Waals surface area (Å²) >= 11 is 3.25. The standard InChI is InChI=1S/C18H29N3O4S.C14H22N2O2S/c1-12-10-19-14(26-12)13-11-20(15(22)24-17(2,3)4)8-9-21(13)16(23)25-18(5,6)7;1-10-8-15-12(19-10)11-6-5-7-16(9-11)13(17)18-14(2,3)4/h10,13H,8-9,11H2,1-7H3;8,11H,5-7,9H2,1-4H3. The molecule has 0 aliphatic carbocycles. The van der Waals surface area contributed by atoms with Gasteiger partial charge in [0.25, 0.3) is 0 Å². The van der Waals surface area contributed by atoms with Crippen LogP contribution in [-0.4, -0.2) is 92.5 Å². The van der Waals surface area contributed by atoms with Gasteiger partial charge in [0.2, 0.25) is 0 Å². The fourth-order valence-electron chi connectivity index (χ4n) is 4.78. The lowest BCUT2D eigenvalue weighted by Crippen LogP contribution is -2.54. The Morgan fingerprint density at radius 3 is 1.62 bits per heavy atom. The number of rotatable bonds is 2. The highest BCUT2D eigenvalue weighted by molar-refractivity contribution is 7.11. The summed E-state index contributed by atoms with van der Waals surface area (Å²) in [5, 5.41) is 1.94. The fraction of sp³-hybridized carbons (Fsp3) is 0.719. The van der Waals surface area contributed by atoms with Gasteiger partial charge in [0.1, 0.15) is 27.9 Å². The van der Waals surface area contributed by atoms with Gasteiger partial charge >= 0.3 is 18.3 Å². The Kier molecular flexibility index (Phi) is 11.9. The SMILES string of the molecule is Cc1cnc(C2CCCN(C(=O)OC(C)(C)C)C2)s1.Cc1cnc(C2CN(C(=O)OC(C)(C)C)CCN2C(=O)OC(C)(C)C)s1. The molecule has 11 nitrogen and oxygen atoms in total. The third kappa shape index (κ3) is 11.7. The summed E-state index contributed by atoms with van der Waals surface area (Å²) < 4.78 is 16.5. The van der Waals surface area contributed by atoms with Crippen molar-refractivity contribution in [3.63, 3.8) is 0 Å². The van der Waals surface area contributed by atoms with Gasteiger partial charge in [0.05, 0.1) is 11.6 Å². The molecule has 2 aromatic rings. The zero-order valence-corrected chi connectivity index (χ0v) is 30.4.